The fourth-order valence-electron chi connectivity index (χ4n) is 6.57. The largest absolute Gasteiger partial charge is 0.316 e. The third-order valence-corrected chi connectivity index (χ3v) is 9.27. The summed E-state index contributed by atoms with van der Waals surface area (Å²) in [6.07, 6.45) is 12.3. The lowest BCUT2D eigenvalue weighted by atomic mass is 9.76. The zero-order chi connectivity index (χ0) is 19.9. The van der Waals surface area contributed by atoms with Gasteiger partial charge < -0.3 is 10.6 Å². The first-order valence-electron chi connectivity index (χ1n) is 12.2. The molecule has 162 valence electrons. The van der Waals surface area contributed by atoms with Gasteiger partial charge in [0.2, 0.25) is 0 Å². The number of hydrogen-bond donors (Lipinski definition) is 2. The number of nitrogens with zero attached hydrogens (tertiary/aromatic N) is 2. The quantitative estimate of drug-likeness (QED) is 0.751. The first-order chi connectivity index (χ1) is 13.2. The molecule has 0 aromatic carbocycles. The molecule has 0 atom stereocenters. The third kappa shape index (κ3) is 4.31. The Balaban J connectivity index is 1.26. The molecule has 0 radical (unpaired) electrons. The fraction of sp³-hybridized carbons (Fsp3) is 1.00. The van der Waals surface area contributed by atoms with E-state index in [1.165, 1.54) is 104 Å². The van der Waals surface area contributed by atoms with E-state index in [1.54, 1.807) is 0 Å². The number of piperidine rings is 2. The summed E-state index contributed by atoms with van der Waals surface area (Å²) in [6, 6.07) is 0. The van der Waals surface area contributed by atoms with Gasteiger partial charge in [-0.15, -0.1) is 0 Å². The van der Waals surface area contributed by atoms with Crippen molar-refractivity contribution in [1.82, 2.24) is 20.4 Å². The van der Waals surface area contributed by atoms with E-state index in [4.69, 9.17) is 0 Å². The highest BCUT2D eigenvalue weighted by Gasteiger charge is 2.43. The first-order valence-corrected chi connectivity index (χ1v) is 12.2. The van der Waals surface area contributed by atoms with Crippen LogP contribution in [0.5, 0.6) is 0 Å². The van der Waals surface area contributed by atoms with Gasteiger partial charge in [0.25, 0.3) is 0 Å². The van der Waals surface area contributed by atoms with Gasteiger partial charge in [-0.2, -0.15) is 0 Å². The summed E-state index contributed by atoms with van der Waals surface area (Å²) in [7, 11) is 0. The topological polar surface area (TPSA) is 30.5 Å². The molecule has 2 N–H and O–H groups in total. The van der Waals surface area contributed by atoms with Gasteiger partial charge in [-0.3, -0.25) is 9.80 Å². The minimum absolute atomic E-state index is 0.323. The Labute approximate surface area is 174 Å². The van der Waals surface area contributed by atoms with Gasteiger partial charge >= 0.3 is 0 Å². The molecule has 4 fully saturated rings. The Bertz CT molecular complexity index is 461. The van der Waals surface area contributed by atoms with Crippen LogP contribution in [-0.2, 0) is 0 Å². The van der Waals surface area contributed by atoms with Crippen LogP contribution < -0.4 is 10.6 Å². The average Bonchev–Trinajstić information content (AvgIpc) is 3.32. The Morgan fingerprint density at radius 1 is 0.714 bits per heavy atom. The smallest absolute Gasteiger partial charge is 0.0206 e. The predicted molar refractivity (Wildman–Crippen MR) is 119 cm³/mol. The van der Waals surface area contributed by atoms with E-state index in [0.29, 0.717) is 22.0 Å². The van der Waals surface area contributed by atoms with E-state index in [1.807, 2.05) is 0 Å². The molecule has 0 unspecified atom stereocenters. The van der Waals surface area contributed by atoms with Crippen LogP contribution >= 0.6 is 0 Å². The molecule has 4 nitrogen and oxygen atoms in total. The third-order valence-electron chi connectivity index (χ3n) is 9.27. The number of nitrogens with one attached hydrogen (secondary N) is 2. The first kappa shape index (κ1) is 21.1. The van der Waals surface area contributed by atoms with Crippen molar-refractivity contribution in [2.75, 3.05) is 45.8 Å². The van der Waals surface area contributed by atoms with Crippen LogP contribution in [0.3, 0.4) is 0 Å². The summed E-state index contributed by atoms with van der Waals surface area (Å²) in [6.45, 7) is 18.9. The average molecular weight is 391 g/mol. The van der Waals surface area contributed by atoms with Crippen molar-refractivity contribution in [1.29, 1.82) is 0 Å². The van der Waals surface area contributed by atoms with Crippen molar-refractivity contribution >= 4 is 0 Å². The molecule has 0 aromatic rings. The Kier molecular flexibility index (Phi) is 5.90. The minimum atomic E-state index is 0.323. The number of rotatable bonds is 5. The summed E-state index contributed by atoms with van der Waals surface area (Å²) in [4.78, 5) is 5.60. The van der Waals surface area contributed by atoms with Crippen LogP contribution in [0.15, 0.2) is 0 Å². The van der Waals surface area contributed by atoms with E-state index in [-0.39, 0.29) is 0 Å². The maximum Gasteiger partial charge on any atom is 0.0206 e. The molecule has 4 heterocycles. The zero-order valence-electron chi connectivity index (χ0n) is 19.2. The lowest BCUT2D eigenvalue weighted by Crippen LogP contribution is -2.56. The standard InChI is InChI=1S/C24H46N4/c1-21(2,27-16-10-23(11-17-27)9-15-25-20-23)7-8-22(3,4)28-18-12-24(13-19-28)6-5-14-26-24/h25-26H,5-20H2,1-4H3. The Hall–Kier alpha value is -0.160. The molecule has 4 rings (SSSR count). The Morgan fingerprint density at radius 3 is 1.75 bits per heavy atom. The second-order valence-electron chi connectivity index (χ2n) is 11.8. The van der Waals surface area contributed by atoms with Crippen molar-refractivity contribution < 1.29 is 0 Å². The molecule has 4 heteroatoms. The van der Waals surface area contributed by atoms with Gasteiger partial charge in [0.05, 0.1) is 0 Å². The fourth-order valence-corrected chi connectivity index (χ4v) is 6.57. The van der Waals surface area contributed by atoms with Crippen molar-refractivity contribution in [2.24, 2.45) is 5.41 Å². The van der Waals surface area contributed by atoms with Crippen molar-refractivity contribution in [2.45, 2.75) is 102 Å². The lowest BCUT2D eigenvalue weighted by molar-refractivity contribution is 0.0127. The van der Waals surface area contributed by atoms with E-state index in [0.717, 1.165) is 0 Å². The van der Waals surface area contributed by atoms with E-state index in [2.05, 4.69) is 48.1 Å². The van der Waals surface area contributed by atoms with Crippen LogP contribution in [0, 0.1) is 5.41 Å². The number of hydrogen-bond acceptors (Lipinski definition) is 4. The molecular weight excluding hydrogens is 344 g/mol. The summed E-state index contributed by atoms with van der Waals surface area (Å²) >= 11 is 0. The second kappa shape index (κ2) is 7.83. The normalized spacial score (nSPS) is 29.1. The lowest BCUT2D eigenvalue weighted by Gasteiger charge is -2.50. The summed E-state index contributed by atoms with van der Waals surface area (Å²) < 4.78 is 0. The van der Waals surface area contributed by atoms with Crippen LogP contribution in [0.4, 0.5) is 0 Å². The minimum Gasteiger partial charge on any atom is -0.316 e. The maximum absolute atomic E-state index is 3.83. The van der Waals surface area contributed by atoms with Crippen molar-refractivity contribution in [3.05, 3.63) is 0 Å². The summed E-state index contributed by atoms with van der Waals surface area (Å²) in [5.41, 5.74) is 1.77. The predicted octanol–water partition coefficient (Wildman–Crippen LogP) is 3.62. The van der Waals surface area contributed by atoms with Crippen LogP contribution in [0.25, 0.3) is 0 Å². The molecule has 0 saturated carbocycles. The molecule has 0 amide bonds. The highest BCUT2D eigenvalue weighted by Crippen LogP contribution is 2.40. The molecule has 28 heavy (non-hydrogen) atoms. The molecule has 0 aliphatic carbocycles. The van der Waals surface area contributed by atoms with Crippen molar-refractivity contribution in [3.8, 4) is 0 Å². The SMILES string of the molecule is CC(C)(CCC(C)(C)N1CCC2(CCCN2)CC1)N1CCC2(CCNC2)CC1. The van der Waals surface area contributed by atoms with Gasteiger partial charge in [-0.25, -0.2) is 0 Å². The van der Waals surface area contributed by atoms with Gasteiger partial charge in [0.1, 0.15) is 0 Å². The van der Waals surface area contributed by atoms with Gasteiger partial charge in [-0.1, -0.05) is 0 Å². The Morgan fingerprint density at radius 2 is 1.29 bits per heavy atom. The van der Waals surface area contributed by atoms with E-state index in [9.17, 15) is 0 Å². The van der Waals surface area contributed by atoms with Crippen LogP contribution in [-0.4, -0.2) is 72.2 Å². The zero-order valence-corrected chi connectivity index (χ0v) is 19.2. The van der Waals surface area contributed by atoms with Crippen molar-refractivity contribution in [3.63, 3.8) is 0 Å². The second-order valence-corrected chi connectivity index (χ2v) is 11.8. The molecule has 4 saturated heterocycles. The molecule has 4 aliphatic rings. The summed E-state index contributed by atoms with van der Waals surface area (Å²) in [5.74, 6) is 0. The van der Waals surface area contributed by atoms with Gasteiger partial charge in [-0.05, 0) is 117 Å². The highest BCUT2D eigenvalue weighted by atomic mass is 15.2. The highest BCUT2D eigenvalue weighted by molar-refractivity contribution is 5.00. The maximum atomic E-state index is 3.83. The summed E-state index contributed by atoms with van der Waals surface area (Å²) in [5, 5.41) is 7.43. The van der Waals surface area contributed by atoms with Gasteiger partial charge in [0.15, 0.2) is 0 Å². The van der Waals surface area contributed by atoms with E-state index < -0.39 is 0 Å². The molecule has 0 aromatic heterocycles. The van der Waals surface area contributed by atoms with Crippen LogP contribution in [0.2, 0.25) is 0 Å². The number of likely N-dealkylation sites (tertiary alicyclic amines) is 2. The molecule has 4 aliphatic heterocycles. The molecule has 2 spiro atoms. The van der Waals surface area contributed by atoms with Gasteiger partial charge in [0, 0.05) is 36.3 Å². The van der Waals surface area contributed by atoms with Crippen LogP contribution in [0.1, 0.15) is 85.5 Å². The molecular formula is C24H46N4. The van der Waals surface area contributed by atoms with E-state index >= 15 is 0 Å². The molecule has 0 bridgehead atoms. The monoisotopic (exact) mass is 390 g/mol.